The van der Waals surface area contributed by atoms with E-state index >= 15 is 0 Å². The number of hydrogen-bond donors (Lipinski definition) is 3. The smallest absolute Gasteiger partial charge is 0.328 e. The predicted molar refractivity (Wildman–Crippen MR) is 130 cm³/mol. The Kier molecular flexibility index (Phi) is 9.70. The summed E-state index contributed by atoms with van der Waals surface area (Å²) in [6.07, 6.45) is 2.73. The first-order chi connectivity index (χ1) is 16.2. The molecule has 2 aromatic rings. The molecule has 1 aromatic heterocycles. The first-order valence-corrected chi connectivity index (χ1v) is 11.8. The van der Waals surface area contributed by atoms with Crippen LogP contribution in [0.3, 0.4) is 0 Å². The second kappa shape index (κ2) is 12.0. The van der Waals surface area contributed by atoms with Gasteiger partial charge in [0.2, 0.25) is 0 Å². The molecule has 0 aliphatic heterocycles. The first-order valence-electron chi connectivity index (χ1n) is 11.8. The van der Waals surface area contributed by atoms with E-state index in [1.807, 2.05) is 42.8 Å². The Morgan fingerprint density at radius 1 is 1.15 bits per heavy atom. The molecule has 0 aliphatic carbocycles. The Balaban J connectivity index is 2.43. The summed E-state index contributed by atoms with van der Waals surface area (Å²) < 4.78 is 12.3. The fourth-order valence-electron chi connectivity index (χ4n) is 4.31. The van der Waals surface area contributed by atoms with Gasteiger partial charge in [0.05, 0.1) is 13.7 Å². The number of aryl methyl sites for hydroxylation is 2. The van der Waals surface area contributed by atoms with E-state index in [2.05, 4.69) is 25.2 Å². The number of nitrogens with one attached hydrogen (secondary N) is 1. The molecule has 8 heteroatoms. The summed E-state index contributed by atoms with van der Waals surface area (Å²) in [7, 11) is 1.29. The van der Waals surface area contributed by atoms with Crippen molar-refractivity contribution in [2.45, 2.75) is 71.6 Å². The van der Waals surface area contributed by atoms with Crippen LogP contribution in [0.5, 0.6) is 5.75 Å². The third-order valence-corrected chi connectivity index (χ3v) is 6.50. The van der Waals surface area contributed by atoms with Crippen LogP contribution in [0.4, 0.5) is 0 Å². The number of benzene rings is 1. The van der Waals surface area contributed by atoms with E-state index in [-0.39, 0.29) is 24.5 Å². The molecule has 0 bridgehead atoms. The maximum absolute atomic E-state index is 13.0. The van der Waals surface area contributed by atoms with Crippen LogP contribution in [-0.4, -0.2) is 59.1 Å². The van der Waals surface area contributed by atoms with Gasteiger partial charge in [-0.1, -0.05) is 26.0 Å². The van der Waals surface area contributed by atoms with Crippen LogP contribution in [-0.2, 0) is 21.5 Å². The Labute approximate surface area is 201 Å². The van der Waals surface area contributed by atoms with E-state index in [0.29, 0.717) is 18.0 Å². The van der Waals surface area contributed by atoms with Crippen molar-refractivity contribution in [3.8, 4) is 5.75 Å². The highest BCUT2D eigenvalue weighted by Gasteiger charge is 2.34. The summed E-state index contributed by atoms with van der Waals surface area (Å²) in [6, 6.07) is 7.14. The Morgan fingerprint density at radius 3 is 2.35 bits per heavy atom. The molecule has 0 saturated heterocycles. The van der Waals surface area contributed by atoms with Crippen LogP contribution < -0.4 is 10.1 Å². The van der Waals surface area contributed by atoms with Gasteiger partial charge in [0.25, 0.3) is 5.91 Å². The Hall–Kier alpha value is -2.84. The summed E-state index contributed by atoms with van der Waals surface area (Å²) in [6.45, 7) is 10.0. The van der Waals surface area contributed by atoms with E-state index in [1.165, 1.54) is 7.11 Å². The number of carbonyl (C=O) groups excluding carboxylic acids is 2. The van der Waals surface area contributed by atoms with Crippen LogP contribution >= 0.6 is 0 Å². The molecule has 2 rings (SSSR count). The largest absolute Gasteiger partial charge is 0.491 e. The minimum Gasteiger partial charge on any atom is -0.491 e. The lowest BCUT2D eigenvalue weighted by Crippen LogP contribution is -2.39. The van der Waals surface area contributed by atoms with Gasteiger partial charge >= 0.3 is 5.97 Å². The SMILES string of the molecule is CCn1cc(C(CC)(CC)c2ccc(OCC(O)CO)c(C)c2)cc1C(=O)N[C@H](C)C(=O)OC. The van der Waals surface area contributed by atoms with Gasteiger partial charge in [-0.3, -0.25) is 4.79 Å². The van der Waals surface area contributed by atoms with E-state index in [9.17, 15) is 14.7 Å². The highest BCUT2D eigenvalue weighted by atomic mass is 16.5. The van der Waals surface area contributed by atoms with Crippen molar-refractivity contribution in [3.05, 3.63) is 52.8 Å². The second-order valence-electron chi connectivity index (χ2n) is 8.54. The Bertz CT molecular complexity index is 980. The lowest BCUT2D eigenvalue weighted by molar-refractivity contribution is -0.142. The second-order valence-corrected chi connectivity index (χ2v) is 8.54. The maximum Gasteiger partial charge on any atom is 0.328 e. The molecule has 34 heavy (non-hydrogen) atoms. The minimum absolute atomic E-state index is 0.0191. The molecular weight excluding hydrogens is 436 g/mol. The number of carbonyl (C=O) groups is 2. The molecule has 188 valence electrons. The first kappa shape index (κ1) is 27.4. The molecule has 0 radical (unpaired) electrons. The monoisotopic (exact) mass is 474 g/mol. The molecular formula is C26H38N2O6. The number of nitrogens with zero attached hydrogens (tertiary/aromatic N) is 1. The van der Waals surface area contributed by atoms with Gasteiger partial charge < -0.3 is 29.6 Å². The summed E-state index contributed by atoms with van der Waals surface area (Å²) in [4.78, 5) is 24.7. The quantitative estimate of drug-likeness (QED) is 0.408. The molecule has 1 aromatic carbocycles. The van der Waals surface area contributed by atoms with Gasteiger partial charge in [-0.25, -0.2) is 4.79 Å². The van der Waals surface area contributed by atoms with E-state index < -0.39 is 18.1 Å². The van der Waals surface area contributed by atoms with Gasteiger partial charge in [-0.05, 0) is 62.4 Å². The summed E-state index contributed by atoms with van der Waals surface area (Å²) >= 11 is 0. The maximum atomic E-state index is 13.0. The van der Waals surface area contributed by atoms with Crippen molar-refractivity contribution in [1.29, 1.82) is 0 Å². The lowest BCUT2D eigenvalue weighted by Gasteiger charge is -2.32. The zero-order chi connectivity index (χ0) is 25.5. The summed E-state index contributed by atoms with van der Waals surface area (Å²) in [5.74, 6) is -0.168. The number of aliphatic hydroxyl groups excluding tert-OH is 2. The third kappa shape index (κ3) is 5.80. The summed E-state index contributed by atoms with van der Waals surface area (Å²) in [5.41, 5.74) is 3.23. The fraction of sp³-hybridized carbons (Fsp3) is 0.538. The van der Waals surface area contributed by atoms with Crippen LogP contribution in [0.25, 0.3) is 0 Å². The van der Waals surface area contributed by atoms with Crippen molar-refractivity contribution in [2.75, 3.05) is 20.3 Å². The average molecular weight is 475 g/mol. The Morgan fingerprint density at radius 2 is 1.82 bits per heavy atom. The average Bonchev–Trinajstić information content (AvgIpc) is 3.28. The number of aromatic nitrogens is 1. The lowest BCUT2D eigenvalue weighted by atomic mass is 9.71. The molecule has 1 amide bonds. The zero-order valence-electron chi connectivity index (χ0n) is 21.1. The highest BCUT2D eigenvalue weighted by Crippen LogP contribution is 2.41. The molecule has 3 N–H and O–H groups in total. The molecule has 1 unspecified atom stereocenters. The molecule has 0 spiro atoms. The van der Waals surface area contributed by atoms with Crippen LogP contribution in [0, 0.1) is 6.92 Å². The molecule has 0 aliphatic rings. The number of methoxy groups -OCH3 is 1. The van der Waals surface area contributed by atoms with Crippen LogP contribution in [0.15, 0.2) is 30.5 Å². The number of hydrogen-bond acceptors (Lipinski definition) is 6. The normalized spacial score (nSPS) is 13.3. The van der Waals surface area contributed by atoms with Crippen molar-refractivity contribution < 1.29 is 29.3 Å². The topological polar surface area (TPSA) is 110 Å². The molecule has 8 nitrogen and oxygen atoms in total. The van der Waals surface area contributed by atoms with Gasteiger partial charge in [0, 0.05) is 18.2 Å². The minimum atomic E-state index is -0.926. The number of esters is 1. The number of ether oxygens (including phenoxy) is 2. The van der Waals surface area contributed by atoms with E-state index in [1.54, 1.807) is 6.92 Å². The zero-order valence-corrected chi connectivity index (χ0v) is 21.1. The van der Waals surface area contributed by atoms with Gasteiger partial charge in [-0.15, -0.1) is 0 Å². The predicted octanol–water partition coefficient (Wildman–Crippen LogP) is 2.95. The number of rotatable bonds is 12. The molecule has 1 heterocycles. The fourth-order valence-corrected chi connectivity index (χ4v) is 4.31. The third-order valence-electron chi connectivity index (χ3n) is 6.50. The number of amides is 1. The molecule has 0 saturated carbocycles. The van der Waals surface area contributed by atoms with Gasteiger partial charge in [0.1, 0.15) is 30.2 Å². The van der Waals surface area contributed by atoms with Crippen LogP contribution in [0.1, 0.15) is 67.7 Å². The van der Waals surface area contributed by atoms with Crippen molar-refractivity contribution >= 4 is 11.9 Å². The van der Waals surface area contributed by atoms with Crippen molar-refractivity contribution in [2.24, 2.45) is 0 Å². The van der Waals surface area contributed by atoms with Gasteiger partial charge in [-0.2, -0.15) is 0 Å². The van der Waals surface area contributed by atoms with Crippen molar-refractivity contribution in [1.82, 2.24) is 9.88 Å². The highest BCUT2D eigenvalue weighted by molar-refractivity contribution is 5.95. The summed E-state index contributed by atoms with van der Waals surface area (Å²) in [5, 5.41) is 21.3. The van der Waals surface area contributed by atoms with Crippen LogP contribution in [0.2, 0.25) is 0 Å². The van der Waals surface area contributed by atoms with Gasteiger partial charge in [0.15, 0.2) is 0 Å². The van der Waals surface area contributed by atoms with E-state index in [0.717, 1.165) is 29.5 Å². The molecule has 2 atom stereocenters. The standard InChI is InChI=1S/C26H38N2O6/c1-7-26(8-2,19-10-11-23(17(4)12-19)34-16-21(30)15-29)20-13-22(28(9-3)14-20)24(31)27-18(5)25(32)33-6/h10-14,18,21,29-30H,7-9,15-16H2,1-6H3,(H,27,31)/t18-,21?/m1/s1. The molecule has 0 fully saturated rings. The number of aliphatic hydroxyl groups is 2. The van der Waals surface area contributed by atoms with Crippen molar-refractivity contribution in [3.63, 3.8) is 0 Å². The van der Waals surface area contributed by atoms with E-state index in [4.69, 9.17) is 14.6 Å².